The molecule has 5 heteroatoms. The van der Waals surface area contributed by atoms with Gasteiger partial charge in [0.1, 0.15) is 5.60 Å². The molecule has 1 amide bonds. The number of hydrogen-bond donors (Lipinski definition) is 1. The van der Waals surface area contributed by atoms with Crippen molar-refractivity contribution in [3.63, 3.8) is 0 Å². The van der Waals surface area contributed by atoms with E-state index >= 15 is 0 Å². The van der Waals surface area contributed by atoms with Gasteiger partial charge in [0.05, 0.1) is 5.69 Å². The maximum atomic E-state index is 12.0. The second-order valence-corrected chi connectivity index (χ2v) is 7.67. The number of ether oxygens (including phenoxy) is 1. The van der Waals surface area contributed by atoms with E-state index in [0.29, 0.717) is 5.92 Å². The number of H-pyrrole nitrogens is 1. The van der Waals surface area contributed by atoms with E-state index in [2.05, 4.69) is 17.1 Å². The molecule has 1 aliphatic carbocycles. The van der Waals surface area contributed by atoms with E-state index in [1.54, 1.807) is 4.90 Å². The van der Waals surface area contributed by atoms with Gasteiger partial charge in [-0.1, -0.05) is 13.3 Å². The monoisotopic (exact) mass is 305 g/mol. The first kappa shape index (κ1) is 15.4. The third-order valence-corrected chi connectivity index (χ3v) is 4.78. The normalized spacial score (nSPS) is 22.2. The van der Waals surface area contributed by atoms with Crippen molar-refractivity contribution in [2.75, 3.05) is 13.1 Å². The summed E-state index contributed by atoms with van der Waals surface area (Å²) in [5.41, 5.74) is 3.50. The van der Waals surface area contributed by atoms with Crippen molar-refractivity contribution < 1.29 is 9.53 Å². The quantitative estimate of drug-likeness (QED) is 0.912. The Bertz CT molecular complexity index is 553. The highest BCUT2D eigenvalue weighted by Gasteiger charge is 2.38. The molecule has 1 saturated heterocycles. The molecule has 0 radical (unpaired) electrons. The van der Waals surface area contributed by atoms with Gasteiger partial charge in [-0.05, 0) is 51.5 Å². The third-order valence-electron chi connectivity index (χ3n) is 4.78. The zero-order valence-corrected chi connectivity index (χ0v) is 14.1. The SMILES string of the molecule is CCC1CCc2[nH]nc(C3CN(C(=O)OC(C)(C)C)C3)c2C1. The van der Waals surface area contributed by atoms with Crippen LogP contribution in [-0.2, 0) is 17.6 Å². The predicted molar refractivity (Wildman–Crippen MR) is 84.9 cm³/mol. The molecule has 122 valence electrons. The Balaban J connectivity index is 1.62. The Morgan fingerprint density at radius 2 is 2.14 bits per heavy atom. The Morgan fingerprint density at radius 1 is 1.41 bits per heavy atom. The molecule has 0 bridgehead atoms. The molecule has 1 fully saturated rings. The summed E-state index contributed by atoms with van der Waals surface area (Å²) < 4.78 is 5.41. The molecule has 3 rings (SSSR count). The first-order valence-electron chi connectivity index (χ1n) is 8.41. The van der Waals surface area contributed by atoms with Crippen LogP contribution in [0.5, 0.6) is 0 Å². The van der Waals surface area contributed by atoms with E-state index in [-0.39, 0.29) is 6.09 Å². The van der Waals surface area contributed by atoms with Gasteiger partial charge in [0.25, 0.3) is 0 Å². The average Bonchev–Trinajstić information content (AvgIpc) is 2.78. The van der Waals surface area contributed by atoms with Crippen LogP contribution in [0.3, 0.4) is 0 Å². The number of fused-ring (bicyclic) bond motifs is 1. The van der Waals surface area contributed by atoms with Crippen LogP contribution in [0, 0.1) is 5.92 Å². The van der Waals surface area contributed by atoms with Crippen LogP contribution < -0.4 is 0 Å². The number of amides is 1. The Hall–Kier alpha value is -1.52. The maximum Gasteiger partial charge on any atom is 0.410 e. The van der Waals surface area contributed by atoms with Crippen LogP contribution in [-0.4, -0.2) is 39.9 Å². The largest absolute Gasteiger partial charge is 0.444 e. The van der Waals surface area contributed by atoms with Crippen LogP contribution in [0.15, 0.2) is 0 Å². The number of likely N-dealkylation sites (tertiary alicyclic amines) is 1. The molecule has 22 heavy (non-hydrogen) atoms. The topological polar surface area (TPSA) is 58.2 Å². The fraction of sp³-hybridized carbons (Fsp3) is 0.765. The summed E-state index contributed by atoms with van der Waals surface area (Å²) in [4.78, 5) is 13.8. The molecule has 0 aromatic carbocycles. The lowest BCUT2D eigenvalue weighted by molar-refractivity contribution is 0.00777. The van der Waals surface area contributed by atoms with Crippen LogP contribution in [0.25, 0.3) is 0 Å². The van der Waals surface area contributed by atoms with Gasteiger partial charge in [0.2, 0.25) is 0 Å². The first-order chi connectivity index (χ1) is 10.4. The van der Waals surface area contributed by atoms with Crippen LogP contribution in [0.2, 0.25) is 0 Å². The van der Waals surface area contributed by atoms with Crippen molar-refractivity contribution in [3.8, 4) is 0 Å². The summed E-state index contributed by atoms with van der Waals surface area (Å²) >= 11 is 0. The summed E-state index contributed by atoms with van der Waals surface area (Å²) in [6.45, 7) is 9.42. The molecular weight excluding hydrogens is 278 g/mol. The minimum absolute atomic E-state index is 0.209. The van der Waals surface area contributed by atoms with E-state index in [0.717, 1.165) is 31.8 Å². The zero-order chi connectivity index (χ0) is 15.9. The number of nitrogens with one attached hydrogen (secondary N) is 1. The van der Waals surface area contributed by atoms with Crippen molar-refractivity contribution in [1.29, 1.82) is 0 Å². The van der Waals surface area contributed by atoms with Gasteiger partial charge < -0.3 is 9.64 Å². The molecule has 2 aliphatic rings. The standard InChI is InChI=1S/C17H27N3O2/c1-5-11-6-7-14-13(8-11)15(19-18-14)12-9-20(10-12)16(21)22-17(2,3)4/h11-12H,5-10H2,1-4H3,(H,18,19). The second kappa shape index (κ2) is 5.60. The first-order valence-corrected chi connectivity index (χ1v) is 8.41. The third kappa shape index (κ3) is 2.99. The number of nitrogens with zero attached hydrogens (tertiary/aromatic N) is 2. The van der Waals surface area contributed by atoms with E-state index in [1.165, 1.54) is 29.8 Å². The van der Waals surface area contributed by atoms with Gasteiger partial charge in [-0.25, -0.2) is 4.79 Å². The van der Waals surface area contributed by atoms with Crippen molar-refractivity contribution in [3.05, 3.63) is 17.0 Å². The Labute approximate surface area is 132 Å². The molecular formula is C17H27N3O2. The van der Waals surface area contributed by atoms with Gasteiger partial charge in [-0.3, -0.25) is 5.10 Å². The van der Waals surface area contributed by atoms with Crippen LogP contribution >= 0.6 is 0 Å². The summed E-state index contributed by atoms with van der Waals surface area (Å²) in [5.74, 6) is 1.15. The highest BCUT2D eigenvalue weighted by Crippen LogP contribution is 2.35. The molecule has 1 aliphatic heterocycles. The van der Waals surface area contributed by atoms with Gasteiger partial charge in [-0.15, -0.1) is 0 Å². The highest BCUT2D eigenvalue weighted by molar-refractivity contribution is 5.69. The number of aryl methyl sites for hydroxylation is 1. The summed E-state index contributed by atoms with van der Waals surface area (Å²) in [6, 6.07) is 0. The lowest BCUT2D eigenvalue weighted by Gasteiger charge is -2.39. The van der Waals surface area contributed by atoms with Gasteiger partial charge in [-0.2, -0.15) is 5.10 Å². The van der Waals surface area contributed by atoms with E-state index in [9.17, 15) is 4.79 Å². The fourth-order valence-corrected chi connectivity index (χ4v) is 3.40. The van der Waals surface area contributed by atoms with Crippen molar-refractivity contribution in [2.24, 2.45) is 5.92 Å². The van der Waals surface area contributed by atoms with Crippen LogP contribution in [0.1, 0.15) is 63.4 Å². The number of aromatic nitrogens is 2. The number of carbonyl (C=O) groups excluding carboxylic acids is 1. The minimum Gasteiger partial charge on any atom is -0.444 e. The zero-order valence-electron chi connectivity index (χ0n) is 14.1. The number of carbonyl (C=O) groups is 1. The van der Waals surface area contributed by atoms with Gasteiger partial charge in [0.15, 0.2) is 0 Å². The van der Waals surface area contributed by atoms with Crippen molar-refractivity contribution in [2.45, 2.75) is 64.9 Å². The average molecular weight is 305 g/mol. The molecule has 1 unspecified atom stereocenters. The molecule has 1 aromatic heterocycles. The molecule has 1 atom stereocenters. The van der Waals surface area contributed by atoms with Crippen molar-refractivity contribution in [1.82, 2.24) is 15.1 Å². The maximum absolute atomic E-state index is 12.0. The smallest absolute Gasteiger partial charge is 0.410 e. The number of rotatable bonds is 2. The van der Waals surface area contributed by atoms with E-state index < -0.39 is 5.60 Å². The summed E-state index contributed by atoms with van der Waals surface area (Å²) in [7, 11) is 0. The van der Waals surface area contributed by atoms with Crippen LogP contribution in [0.4, 0.5) is 4.79 Å². The lowest BCUT2D eigenvalue weighted by Crippen LogP contribution is -2.50. The molecule has 0 spiro atoms. The minimum atomic E-state index is -0.429. The van der Waals surface area contributed by atoms with E-state index in [4.69, 9.17) is 4.74 Å². The van der Waals surface area contributed by atoms with Gasteiger partial charge in [0, 0.05) is 24.7 Å². The summed E-state index contributed by atoms with van der Waals surface area (Å²) in [5, 5.41) is 7.77. The Morgan fingerprint density at radius 3 is 2.77 bits per heavy atom. The second-order valence-electron chi connectivity index (χ2n) is 7.67. The fourth-order valence-electron chi connectivity index (χ4n) is 3.40. The number of hydrogen-bond acceptors (Lipinski definition) is 3. The molecule has 1 aromatic rings. The Kier molecular flexibility index (Phi) is 3.91. The lowest BCUT2D eigenvalue weighted by atomic mass is 9.82. The molecule has 5 nitrogen and oxygen atoms in total. The van der Waals surface area contributed by atoms with Crippen molar-refractivity contribution >= 4 is 6.09 Å². The molecule has 0 saturated carbocycles. The number of aromatic amines is 1. The predicted octanol–water partition coefficient (Wildman–Crippen LogP) is 3.26. The van der Waals surface area contributed by atoms with Gasteiger partial charge >= 0.3 is 6.09 Å². The summed E-state index contributed by atoms with van der Waals surface area (Å²) in [6.07, 6.45) is 4.54. The highest BCUT2D eigenvalue weighted by atomic mass is 16.6. The molecule has 1 N–H and O–H groups in total. The van der Waals surface area contributed by atoms with E-state index in [1.807, 2.05) is 20.8 Å². The molecule has 2 heterocycles.